The van der Waals surface area contributed by atoms with Gasteiger partial charge in [0.05, 0.1) is 12.3 Å². The molecule has 0 atom stereocenters. The topological polar surface area (TPSA) is 95.0 Å². The van der Waals surface area contributed by atoms with Gasteiger partial charge >= 0.3 is 5.97 Å². The lowest BCUT2D eigenvalue weighted by Crippen LogP contribution is -2.41. The smallest absolute Gasteiger partial charge is 0.303 e. The molecular formula is C16H22N2O5S. The first-order valence-electron chi connectivity index (χ1n) is 7.90. The first kappa shape index (κ1) is 18.4. The molecule has 1 fully saturated rings. The van der Waals surface area contributed by atoms with Gasteiger partial charge in [0.15, 0.2) is 0 Å². The van der Waals surface area contributed by atoms with Crippen molar-refractivity contribution in [3.8, 4) is 0 Å². The quantitative estimate of drug-likeness (QED) is 0.749. The number of carboxylic acids is 1. The van der Waals surface area contributed by atoms with Crippen molar-refractivity contribution >= 4 is 21.9 Å². The van der Waals surface area contributed by atoms with Gasteiger partial charge in [-0.1, -0.05) is 30.3 Å². The van der Waals surface area contributed by atoms with Crippen LogP contribution in [-0.4, -0.2) is 60.0 Å². The Morgan fingerprint density at radius 2 is 1.92 bits per heavy atom. The van der Waals surface area contributed by atoms with Crippen LogP contribution in [0.3, 0.4) is 0 Å². The van der Waals surface area contributed by atoms with Gasteiger partial charge in [-0.15, -0.1) is 0 Å². The lowest BCUT2D eigenvalue weighted by atomic mass is 10.2. The lowest BCUT2D eigenvalue weighted by Gasteiger charge is -2.25. The van der Waals surface area contributed by atoms with Gasteiger partial charge in [-0.3, -0.25) is 9.59 Å². The second-order valence-electron chi connectivity index (χ2n) is 5.80. The highest BCUT2D eigenvalue weighted by atomic mass is 32.2. The van der Waals surface area contributed by atoms with Crippen molar-refractivity contribution in [3.63, 3.8) is 0 Å². The summed E-state index contributed by atoms with van der Waals surface area (Å²) < 4.78 is 24.9. The average Bonchev–Trinajstić information content (AvgIpc) is 2.85. The number of sulfonamides is 1. The van der Waals surface area contributed by atoms with Crippen LogP contribution < -0.4 is 0 Å². The predicted octanol–water partition coefficient (Wildman–Crippen LogP) is 0.915. The van der Waals surface area contributed by atoms with Crippen LogP contribution in [0, 0.1) is 0 Å². The average molecular weight is 354 g/mol. The molecule has 0 bridgehead atoms. The van der Waals surface area contributed by atoms with Gasteiger partial charge in [0, 0.05) is 26.1 Å². The minimum absolute atomic E-state index is 0.0272. The number of aliphatic carboxylic acids is 1. The molecule has 24 heavy (non-hydrogen) atoms. The van der Waals surface area contributed by atoms with Gasteiger partial charge in [-0.2, -0.15) is 4.31 Å². The Morgan fingerprint density at radius 3 is 2.50 bits per heavy atom. The van der Waals surface area contributed by atoms with E-state index in [1.54, 1.807) is 0 Å². The van der Waals surface area contributed by atoms with Gasteiger partial charge in [-0.25, -0.2) is 8.42 Å². The SMILES string of the molecule is O=C(O)CCCN(Cc1ccccc1)C(=O)CN1CCCS1(=O)=O. The van der Waals surface area contributed by atoms with Gasteiger partial charge in [0.25, 0.3) is 0 Å². The zero-order valence-electron chi connectivity index (χ0n) is 13.4. The minimum atomic E-state index is -3.33. The molecule has 1 aliphatic rings. The van der Waals surface area contributed by atoms with Crippen LogP contribution in [-0.2, 0) is 26.2 Å². The molecule has 132 valence electrons. The highest BCUT2D eigenvalue weighted by Gasteiger charge is 2.31. The van der Waals surface area contributed by atoms with Crippen LogP contribution in [0.2, 0.25) is 0 Å². The van der Waals surface area contributed by atoms with Gasteiger partial charge in [0.1, 0.15) is 0 Å². The Hall–Kier alpha value is -1.93. The van der Waals surface area contributed by atoms with E-state index in [-0.39, 0.29) is 31.2 Å². The van der Waals surface area contributed by atoms with E-state index < -0.39 is 16.0 Å². The lowest BCUT2D eigenvalue weighted by molar-refractivity contribution is -0.138. The predicted molar refractivity (Wildman–Crippen MR) is 88.7 cm³/mol. The minimum Gasteiger partial charge on any atom is -0.481 e. The Labute approximate surface area is 141 Å². The number of hydrogen-bond donors (Lipinski definition) is 1. The van der Waals surface area contributed by atoms with Crippen LogP contribution >= 0.6 is 0 Å². The van der Waals surface area contributed by atoms with Gasteiger partial charge in [0.2, 0.25) is 15.9 Å². The van der Waals surface area contributed by atoms with Crippen LogP contribution in [0.15, 0.2) is 30.3 Å². The summed E-state index contributed by atoms with van der Waals surface area (Å²) in [5.74, 6) is -1.13. The highest BCUT2D eigenvalue weighted by molar-refractivity contribution is 7.89. The van der Waals surface area contributed by atoms with E-state index in [2.05, 4.69) is 0 Å². The molecule has 1 amide bonds. The number of nitrogens with zero attached hydrogens (tertiary/aromatic N) is 2. The summed E-state index contributed by atoms with van der Waals surface area (Å²) in [6.45, 7) is 0.811. The molecule has 0 unspecified atom stereocenters. The van der Waals surface area contributed by atoms with Crippen molar-refractivity contribution in [3.05, 3.63) is 35.9 Å². The van der Waals surface area contributed by atoms with Crippen molar-refractivity contribution in [2.24, 2.45) is 0 Å². The largest absolute Gasteiger partial charge is 0.481 e. The number of carboxylic acid groups (broad SMARTS) is 1. The number of amides is 1. The van der Waals surface area contributed by atoms with Crippen molar-refractivity contribution in [1.82, 2.24) is 9.21 Å². The Balaban J connectivity index is 2.02. The molecule has 1 saturated heterocycles. The molecule has 0 radical (unpaired) electrons. The van der Waals surface area contributed by atoms with Crippen LogP contribution in [0.5, 0.6) is 0 Å². The fourth-order valence-electron chi connectivity index (χ4n) is 2.64. The molecule has 2 rings (SSSR count). The molecule has 0 saturated carbocycles. The molecular weight excluding hydrogens is 332 g/mol. The van der Waals surface area contributed by atoms with E-state index in [1.807, 2.05) is 30.3 Å². The number of rotatable bonds is 8. The summed E-state index contributed by atoms with van der Waals surface area (Å²) in [4.78, 5) is 24.8. The maximum atomic E-state index is 12.5. The summed E-state index contributed by atoms with van der Waals surface area (Å²) in [6, 6.07) is 9.35. The van der Waals surface area contributed by atoms with E-state index in [0.29, 0.717) is 25.9 Å². The maximum Gasteiger partial charge on any atom is 0.303 e. The van der Waals surface area contributed by atoms with Crippen molar-refractivity contribution < 1.29 is 23.1 Å². The zero-order chi connectivity index (χ0) is 17.6. The zero-order valence-corrected chi connectivity index (χ0v) is 14.2. The van der Waals surface area contributed by atoms with Gasteiger partial charge < -0.3 is 10.0 Å². The Bertz CT molecular complexity index is 675. The molecule has 1 heterocycles. The van der Waals surface area contributed by atoms with Crippen LogP contribution in [0.1, 0.15) is 24.8 Å². The second-order valence-corrected chi connectivity index (χ2v) is 7.89. The Kier molecular flexibility index (Phi) is 6.33. The maximum absolute atomic E-state index is 12.5. The van der Waals surface area contributed by atoms with E-state index in [4.69, 9.17) is 5.11 Å². The van der Waals surface area contributed by atoms with Crippen molar-refractivity contribution in [2.75, 3.05) is 25.4 Å². The van der Waals surface area contributed by atoms with Gasteiger partial charge in [-0.05, 0) is 18.4 Å². The second kappa shape index (κ2) is 8.25. The highest BCUT2D eigenvalue weighted by Crippen LogP contribution is 2.14. The Morgan fingerprint density at radius 1 is 1.21 bits per heavy atom. The van der Waals surface area contributed by atoms with Crippen molar-refractivity contribution in [1.29, 1.82) is 0 Å². The van der Waals surface area contributed by atoms with Crippen LogP contribution in [0.4, 0.5) is 0 Å². The third-order valence-electron chi connectivity index (χ3n) is 3.90. The third kappa shape index (κ3) is 5.31. The number of carbonyl (C=O) groups is 2. The molecule has 8 heteroatoms. The fraction of sp³-hybridized carbons (Fsp3) is 0.500. The van der Waals surface area contributed by atoms with E-state index in [1.165, 1.54) is 9.21 Å². The number of carbonyl (C=O) groups excluding carboxylic acids is 1. The summed E-state index contributed by atoms with van der Waals surface area (Å²) in [5, 5.41) is 8.76. The monoisotopic (exact) mass is 354 g/mol. The van der Waals surface area contributed by atoms with Crippen LogP contribution in [0.25, 0.3) is 0 Å². The first-order valence-corrected chi connectivity index (χ1v) is 9.51. The summed E-state index contributed by atoms with van der Waals surface area (Å²) in [7, 11) is -3.33. The molecule has 0 spiro atoms. The summed E-state index contributed by atoms with van der Waals surface area (Å²) in [5.41, 5.74) is 0.922. The third-order valence-corrected chi connectivity index (χ3v) is 5.81. The first-order chi connectivity index (χ1) is 11.4. The molecule has 1 aromatic rings. The van der Waals surface area contributed by atoms with Crippen molar-refractivity contribution in [2.45, 2.75) is 25.8 Å². The van der Waals surface area contributed by atoms with E-state index >= 15 is 0 Å². The molecule has 0 aliphatic carbocycles. The molecule has 7 nitrogen and oxygen atoms in total. The molecule has 0 aromatic heterocycles. The standard InChI is InChI=1S/C16H22N2O5S/c19-15(13-18-10-5-11-24(18,22)23)17(9-4-8-16(20)21)12-14-6-2-1-3-7-14/h1-3,6-7H,4-5,8-13H2,(H,20,21). The van der Waals surface area contributed by atoms with E-state index in [9.17, 15) is 18.0 Å². The molecule has 1 N–H and O–H groups in total. The number of benzene rings is 1. The molecule has 1 aromatic carbocycles. The summed E-state index contributed by atoms with van der Waals surface area (Å²) in [6.07, 6.45) is 0.842. The normalized spacial score (nSPS) is 16.8. The summed E-state index contributed by atoms with van der Waals surface area (Å²) >= 11 is 0. The van der Waals surface area contributed by atoms with E-state index in [0.717, 1.165) is 5.56 Å². The molecule has 1 aliphatic heterocycles. The fourth-order valence-corrected chi connectivity index (χ4v) is 4.10. The number of hydrogen-bond acceptors (Lipinski definition) is 4.